The fraction of sp³-hybridized carbons (Fsp3) is 0.240. The summed E-state index contributed by atoms with van der Waals surface area (Å²) in [5.41, 5.74) is 8.15. The van der Waals surface area contributed by atoms with Gasteiger partial charge in [-0.05, 0) is 24.6 Å². The summed E-state index contributed by atoms with van der Waals surface area (Å²) in [5.74, 6) is -0.677. The Morgan fingerprint density at radius 1 is 1.18 bits per heavy atom. The van der Waals surface area contributed by atoms with Gasteiger partial charge in [0.15, 0.2) is 11.5 Å². The highest BCUT2D eigenvalue weighted by molar-refractivity contribution is 5.93. The van der Waals surface area contributed by atoms with E-state index in [4.69, 9.17) is 24.7 Å². The van der Waals surface area contributed by atoms with Gasteiger partial charge >= 0.3 is 5.97 Å². The fourth-order valence-electron chi connectivity index (χ4n) is 4.22. The van der Waals surface area contributed by atoms with Crippen molar-refractivity contribution in [2.24, 2.45) is 5.73 Å². The van der Waals surface area contributed by atoms with Crippen molar-refractivity contribution in [1.29, 1.82) is 0 Å². The lowest BCUT2D eigenvalue weighted by atomic mass is 9.82. The normalized spacial score (nSPS) is 14.8. The number of hydrogen-bond donors (Lipinski definition) is 1. The van der Waals surface area contributed by atoms with Crippen molar-refractivity contribution in [3.8, 4) is 17.2 Å². The molecule has 0 saturated carbocycles. The van der Waals surface area contributed by atoms with E-state index in [9.17, 15) is 9.59 Å². The van der Waals surface area contributed by atoms with E-state index in [0.29, 0.717) is 29.3 Å². The van der Waals surface area contributed by atoms with Gasteiger partial charge in [-0.3, -0.25) is 9.78 Å². The van der Waals surface area contributed by atoms with E-state index in [-0.39, 0.29) is 28.3 Å². The lowest BCUT2D eigenvalue weighted by Crippen LogP contribution is -2.35. The van der Waals surface area contributed by atoms with Gasteiger partial charge < -0.3 is 29.2 Å². The standard InChI is InChI=1S/C25H25N3O6/c1-14-11-18-20(24(29)28(14)13-15-7-6-10-27-12-15)19(21(23(26)34-18)25(30)33-4)16-8-5-9-17(31-2)22(16)32-3/h5-12,19H,13,26H2,1-4H3/t19-/m1/s1. The largest absolute Gasteiger partial charge is 0.493 e. The van der Waals surface area contributed by atoms with Crippen LogP contribution in [-0.4, -0.2) is 36.8 Å². The number of carbonyl (C=O) groups is 1. The lowest BCUT2D eigenvalue weighted by molar-refractivity contribution is -0.136. The van der Waals surface area contributed by atoms with E-state index in [1.807, 2.05) is 6.07 Å². The molecule has 1 aliphatic rings. The third-order valence-corrected chi connectivity index (χ3v) is 5.78. The third-order valence-electron chi connectivity index (χ3n) is 5.78. The molecule has 1 aromatic carbocycles. The molecule has 0 saturated heterocycles. The molecule has 0 fully saturated rings. The summed E-state index contributed by atoms with van der Waals surface area (Å²) < 4.78 is 23.5. The summed E-state index contributed by atoms with van der Waals surface area (Å²) in [6, 6.07) is 10.6. The molecule has 3 aromatic rings. The number of hydrogen-bond acceptors (Lipinski definition) is 8. The first kappa shape index (κ1) is 22.9. The molecule has 0 bridgehead atoms. The van der Waals surface area contributed by atoms with E-state index < -0.39 is 11.9 Å². The number of fused-ring (bicyclic) bond motifs is 1. The summed E-state index contributed by atoms with van der Waals surface area (Å²) in [7, 11) is 4.24. The number of esters is 1. The van der Waals surface area contributed by atoms with Crippen molar-refractivity contribution in [2.45, 2.75) is 19.4 Å². The Morgan fingerprint density at radius 3 is 2.62 bits per heavy atom. The molecule has 0 amide bonds. The lowest BCUT2D eigenvalue weighted by Gasteiger charge is -2.30. The minimum absolute atomic E-state index is 0.00966. The second-order valence-corrected chi connectivity index (χ2v) is 7.70. The zero-order valence-electron chi connectivity index (χ0n) is 19.3. The predicted molar refractivity (Wildman–Crippen MR) is 124 cm³/mol. The predicted octanol–water partition coefficient (Wildman–Crippen LogP) is 2.48. The number of pyridine rings is 2. The number of benzene rings is 1. The molecule has 1 aliphatic heterocycles. The molecule has 9 nitrogen and oxygen atoms in total. The van der Waals surface area contributed by atoms with Crippen molar-refractivity contribution in [2.75, 3.05) is 21.3 Å². The van der Waals surface area contributed by atoms with Crippen molar-refractivity contribution in [3.05, 3.63) is 93.0 Å². The maximum atomic E-state index is 13.9. The number of nitrogens with two attached hydrogens (primary N) is 1. The number of rotatable bonds is 6. The minimum Gasteiger partial charge on any atom is -0.493 e. The Balaban J connectivity index is 2.01. The van der Waals surface area contributed by atoms with Gasteiger partial charge in [0.1, 0.15) is 11.3 Å². The third kappa shape index (κ3) is 3.85. The second-order valence-electron chi connectivity index (χ2n) is 7.70. The van der Waals surface area contributed by atoms with Crippen molar-refractivity contribution in [3.63, 3.8) is 0 Å². The van der Waals surface area contributed by atoms with Gasteiger partial charge in [-0.25, -0.2) is 4.79 Å². The summed E-state index contributed by atoms with van der Waals surface area (Å²) in [6.45, 7) is 2.10. The van der Waals surface area contributed by atoms with Crippen LogP contribution < -0.4 is 25.5 Å². The first-order valence-electron chi connectivity index (χ1n) is 10.5. The number of ether oxygens (including phenoxy) is 4. The van der Waals surface area contributed by atoms with Crippen LogP contribution in [0.25, 0.3) is 0 Å². The van der Waals surface area contributed by atoms with E-state index in [2.05, 4.69) is 4.98 Å². The summed E-state index contributed by atoms with van der Waals surface area (Å²) in [4.78, 5) is 30.9. The molecular formula is C25H25N3O6. The Bertz CT molecular complexity index is 1330. The van der Waals surface area contributed by atoms with Crippen LogP contribution in [0, 0.1) is 6.92 Å². The van der Waals surface area contributed by atoms with E-state index >= 15 is 0 Å². The second kappa shape index (κ2) is 9.30. The minimum atomic E-state index is -0.908. The molecule has 0 aliphatic carbocycles. The highest BCUT2D eigenvalue weighted by atomic mass is 16.5. The first-order chi connectivity index (χ1) is 16.4. The van der Waals surface area contributed by atoms with Crippen LogP contribution in [0.15, 0.2) is 65.0 Å². The highest BCUT2D eigenvalue weighted by Crippen LogP contribution is 2.46. The molecule has 1 atom stereocenters. The van der Waals surface area contributed by atoms with Crippen LogP contribution in [-0.2, 0) is 16.1 Å². The van der Waals surface area contributed by atoms with Gasteiger partial charge in [-0.15, -0.1) is 0 Å². The Kier molecular flexibility index (Phi) is 6.27. The smallest absolute Gasteiger partial charge is 0.340 e. The van der Waals surface area contributed by atoms with E-state index in [1.54, 1.807) is 54.2 Å². The topological polar surface area (TPSA) is 115 Å². The quantitative estimate of drug-likeness (QED) is 0.555. The van der Waals surface area contributed by atoms with Gasteiger partial charge in [-0.2, -0.15) is 0 Å². The zero-order valence-corrected chi connectivity index (χ0v) is 19.3. The van der Waals surface area contributed by atoms with Gasteiger partial charge in [0.2, 0.25) is 5.88 Å². The molecule has 0 unspecified atom stereocenters. The average molecular weight is 463 g/mol. The summed E-state index contributed by atoms with van der Waals surface area (Å²) in [5, 5.41) is 0. The van der Waals surface area contributed by atoms with Gasteiger partial charge in [0, 0.05) is 29.7 Å². The molecule has 176 valence electrons. The maximum Gasteiger partial charge on any atom is 0.340 e. The molecule has 2 aromatic heterocycles. The number of carbonyl (C=O) groups excluding carboxylic acids is 1. The fourth-order valence-corrected chi connectivity index (χ4v) is 4.22. The maximum absolute atomic E-state index is 13.9. The Labute approximate surface area is 196 Å². The number of aryl methyl sites for hydroxylation is 1. The van der Waals surface area contributed by atoms with Crippen LogP contribution in [0.3, 0.4) is 0 Å². The molecule has 2 N–H and O–H groups in total. The Hall–Kier alpha value is -4.27. The number of para-hydroxylation sites is 1. The average Bonchev–Trinajstić information content (AvgIpc) is 2.85. The van der Waals surface area contributed by atoms with Crippen molar-refractivity contribution < 1.29 is 23.7 Å². The molecule has 4 rings (SSSR count). The molecule has 34 heavy (non-hydrogen) atoms. The van der Waals surface area contributed by atoms with Crippen molar-refractivity contribution >= 4 is 5.97 Å². The van der Waals surface area contributed by atoms with Gasteiger partial charge in [0.05, 0.1) is 39.4 Å². The van der Waals surface area contributed by atoms with Crippen molar-refractivity contribution in [1.82, 2.24) is 9.55 Å². The zero-order chi connectivity index (χ0) is 24.4. The SMILES string of the molecule is COC(=O)C1=C(N)Oc2cc(C)n(Cc3cccnc3)c(=O)c2[C@H]1c1cccc(OC)c1OC. The first-order valence-corrected chi connectivity index (χ1v) is 10.5. The van der Waals surface area contributed by atoms with Crippen LogP contribution in [0.1, 0.15) is 28.3 Å². The monoisotopic (exact) mass is 463 g/mol. The molecule has 9 heteroatoms. The van der Waals surface area contributed by atoms with Crippen LogP contribution in [0.5, 0.6) is 17.2 Å². The molecule has 3 heterocycles. The number of methoxy groups -OCH3 is 3. The Morgan fingerprint density at radius 2 is 1.97 bits per heavy atom. The van der Waals surface area contributed by atoms with Crippen LogP contribution in [0.2, 0.25) is 0 Å². The highest BCUT2D eigenvalue weighted by Gasteiger charge is 2.40. The van der Waals surface area contributed by atoms with Gasteiger partial charge in [-0.1, -0.05) is 18.2 Å². The van der Waals surface area contributed by atoms with Gasteiger partial charge in [0.25, 0.3) is 5.56 Å². The van der Waals surface area contributed by atoms with Crippen LogP contribution in [0.4, 0.5) is 0 Å². The summed E-state index contributed by atoms with van der Waals surface area (Å²) >= 11 is 0. The number of nitrogens with zero attached hydrogens (tertiary/aromatic N) is 2. The summed E-state index contributed by atoms with van der Waals surface area (Å²) in [6.07, 6.45) is 3.36. The van der Waals surface area contributed by atoms with E-state index in [1.165, 1.54) is 21.3 Å². The number of aromatic nitrogens is 2. The van der Waals surface area contributed by atoms with E-state index in [0.717, 1.165) is 5.56 Å². The molecule has 0 radical (unpaired) electrons. The molecular weight excluding hydrogens is 438 g/mol. The molecule has 0 spiro atoms. The van der Waals surface area contributed by atoms with Crippen LogP contribution >= 0.6 is 0 Å².